The van der Waals surface area contributed by atoms with Gasteiger partial charge in [0.15, 0.2) is 11.5 Å². The zero-order chi connectivity index (χ0) is 24.8. The second-order valence-corrected chi connectivity index (χ2v) is 8.54. The SMILES string of the molecule is C#CCOc1c(Br)cc(/C=C2\SC(=O)N(CC(=O)Nc3ccc(F)cc3F)C2=O)cc1OCC. The van der Waals surface area contributed by atoms with Crippen LogP contribution in [-0.2, 0) is 9.59 Å². The summed E-state index contributed by atoms with van der Waals surface area (Å²) in [5.74, 6) is -0.135. The first-order chi connectivity index (χ1) is 16.2. The lowest BCUT2D eigenvalue weighted by molar-refractivity contribution is -0.127. The van der Waals surface area contributed by atoms with Crippen molar-refractivity contribution >= 4 is 56.5 Å². The van der Waals surface area contributed by atoms with E-state index in [0.717, 1.165) is 17.0 Å². The molecule has 0 bridgehead atoms. The number of carbonyl (C=O) groups is 3. The van der Waals surface area contributed by atoms with E-state index in [1.807, 2.05) is 0 Å². The van der Waals surface area contributed by atoms with Crippen molar-refractivity contribution in [2.24, 2.45) is 0 Å². The van der Waals surface area contributed by atoms with Gasteiger partial charge in [-0.3, -0.25) is 19.3 Å². The van der Waals surface area contributed by atoms with Crippen molar-refractivity contribution in [2.75, 3.05) is 25.1 Å². The van der Waals surface area contributed by atoms with Gasteiger partial charge >= 0.3 is 0 Å². The molecular weight excluding hydrogens is 534 g/mol. The van der Waals surface area contributed by atoms with Crippen molar-refractivity contribution in [2.45, 2.75) is 6.92 Å². The van der Waals surface area contributed by atoms with Crippen LogP contribution in [-0.4, -0.2) is 41.7 Å². The number of benzene rings is 2. The van der Waals surface area contributed by atoms with Gasteiger partial charge in [-0.05, 0) is 70.5 Å². The van der Waals surface area contributed by atoms with Gasteiger partial charge in [-0.1, -0.05) is 5.92 Å². The van der Waals surface area contributed by atoms with E-state index < -0.39 is 35.2 Å². The van der Waals surface area contributed by atoms with E-state index >= 15 is 0 Å². The van der Waals surface area contributed by atoms with Crippen molar-refractivity contribution in [3.63, 3.8) is 0 Å². The third kappa shape index (κ3) is 5.95. The normalized spacial score (nSPS) is 14.3. The molecule has 1 heterocycles. The summed E-state index contributed by atoms with van der Waals surface area (Å²) in [5.41, 5.74) is 0.265. The zero-order valence-electron chi connectivity index (χ0n) is 17.7. The van der Waals surface area contributed by atoms with E-state index in [4.69, 9.17) is 15.9 Å². The van der Waals surface area contributed by atoms with E-state index in [-0.39, 0.29) is 17.2 Å². The maximum Gasteiger partial charge on any atom is 0.294 e. The van der Waals surface area contributed by atoms with Crippen LogP contribution in [0.15, 0.2) is 39.7 Å². The fourth-order valence-corrected chi connectivity index (χ4v) is 4.31. The van der Waals surface area contributed by atoms with E-state index in [1.165, 1.54) is 6.08 Å². The number of halogens is 3. The molecule has 2 aromatic carbocycles. The Morgan fingerprint density at radius 3 is 2.71 bits per heavy atom. The second kappa shape index (κ2) is 11.2. The van der Waals surface area contributed by atoms with Crippen molar-refractivity contribution < 1.29 is 32.6 Å². The standard InChI is InChI=1S/C23H17BrF2N2O5S/c1-3-7-33-21-15(24)8-13(9-18(21)32-4-2)10-19-22(30)28(23(31)34-19)12-20(29)27-17-6-5-14(25)11-16(17)26/h1,5-6,8-11H,4,7,12H2,2H3,(H,27,29)/b19-10-. The van der Waals surface area contributed by atoms with Gasteiger partial charge in [0.05, 0.1) is 21.7 Å². The van der Waals surface area contributed by atoms with Crippen molar-refractivity contribution in [3.8, 4) is 23.8 Å². The van der Waals surface area contributed by atoms with Crippen LogP contribution in [0, 0.1) is 24.0 Å². The maximum atomic E-state index is 13.8. The molecule has 0 saturated carbocycles. The second-order valence-electron chi connectivity index (χ2n) is 6.70. The van der Waals surface area contributed by atoms with E-state index in [0.29, 0.717) is 46.0 Å². The third-order valence-corrected chi connectivity index (χ3v) is 5.81. The number of amides is 3. The fraction of sp³-hybridized carbons (Fsp3) is 0.174. The Morgan fingerprint density at radius 1 is 1.26 bits per heavy atom. The van der Waals surface area contributed by atoms with Crippen LogP contribution in [0.5, 0.6) is 11.5 Å². The molecule has 1 aliphatic rings. The van der Waals surface area contributed by atoms with E-state index in [9.17, 15) is 23.2 Å². The summed E-state index contributed by atoms with van der Waals surface area (Å²) in [4.78, 5) is 38.2. The summed E-state index contributed by atoms with van der Waals surface area (Å²) in [7, 11) is 0. The first-order valence-corrected chi connectivity index (χ1v) is 11.4. The summed E-state index contributed by atoms with van der Waals surface area (Å²) >= 11 is 4.04. The fourth-order valence-electron chi connectivity index (χ4n) is 2.90. The number of carbonyl (C=O) groups excluding carboxylic acids is 3. The number of nitrogens with one attached hydrogen (secondary N) is 1. The summed E-state index contributed by atoms with van der Waals surface area (Å²) in [5, 5.41) is 1.55. The predicted molar refractivity (Wildman–Crippen MR) is 127 cm³/mol. The smallest absolute Gasteiger partial charge is 0.294 e. The van der Waals surface area contributed by atoms with Gasteiger partial charge in [0.1, 0.15) is 24.8 Å². The summed E-state index contributed by atoms with van der Waals surface area (Å²) in [6, 6.07) is 5.90. The number of hydrogen-bond donors (Lipinski definition) is 1. The van der Waals surface area contributed by atoms with Gasteiger partial charge in [0.25, 0.3) is 11.1 Å². The van der Waals surface area contributed by atoms with Gasteiger partial charge in [-0.25, -0.2) is 8.78 Å². The Bertz CT molecular complexity index is 1230. The molecule has 176 valence electrons. The molecule has 11 heteroatoms. The van der Waals surface area contributed by atoms with Crippen molar-refractivity contribution in [1.29, 1.82) is 0 Å². The van der Waals surface area contributed by atoms with Crippen LogP contribution in [0.1, 0.15) is 12.5 Å². The lowest BCUT2D eigenvalue weighted by atomic mass is 10.2. The number of hydrogen-bond acceptors (Lipinski definition) is 6. The molecule has 7 nitrogen and oxygen atoms in total. The molecule has 0 radical (unpaired) electrons. The Kier molecular flexibility index (Phi) is 8.31. The molecule has 1 saturated heterocycles. The Labute approximate surface area is 206 Å². The average molecular weight is 551 g/mol. The molecule has 34 heavy (non-hydrogen) atoms. The van der Waals surface area contributed by atoms with Crippen molar-refractivity contribution in [3.05, 3.63) is 56.9 Å². The van der Waals surface area contributed by atoms with Crippen LogP contribution in [0.25, 0.3) is 6.08 Å². The van der Waals surface area contributed by atoms with Gasteiger partial charge < -0.3 is 14.8 Å². The highest BCUT2D eigenvalue weighted by Gasteiger charge is 2.36. The molecule has 0 atom stereocenters. The van der Waals surface area contributed by atoms with Gasteiger partial charge in [0.2, 0.25) is 5.91 Å². The van der Waals surface area contributed by atoms with E-state index in [1.54, 1.807) is 19.1 Å². The highest BCUT2D eigenvalue weighted by atomic mass is 79.9. The Morgan fingerprint density at radius 2 is 2.03 bits per heavy atom. The number of imide groups is 1. The molecular formula is C23H17BrF2N2O5S. The van der Waals surface area contributed by atoms with Gasteiger partial charge in [0, 0.05) is 6.07 Å². The Balaban J connectivity index is 1.77. The molecule has 3 amide bonds. The molecule has 1 fully saturated rings. The number of nitrogens with zero attached hydrogens (tertiary/aromatic N) is 1. The van der Waals surface area contributed by atoms with Crippen LogP contribution >= 0.6 is 27.7 Å². The van der Waals surface area contributed by atoms with E-state index in [2.05, 4.69) is 27.2 Å². The molecule has 2 aromatic rings. The molecule has 3 rings (SSSR count). The third-order valence-electron chi connectivity index (χ3n) is 4.31. The molecule has 0 spiro atoms. The first-order valence-electron chi connectivity index (χ1n) is 9.76. The molecule has 0 unspecified atom stereocenters. The topological polar surface area (TPSA) is 84.9 Å². The number of anilines is 1. The molecule has 1 aliphatic heterocycles. The lowest BCUT2D eigenvalue weighted by Gasteiger charge is -2.14. The van der Waals surface area contributed by atoms with Crippen LogP contribution < -0.4 is 14.8 Å². The highest BCUT2D eigenvalue weighted by molar-refractivity contribution is 9.10. The zero-order valence-corrected chi connectivity index (χ0v) is 20.1. The minimum Gasteiger partial charge on any atom is -0.490 e. The summed E-state index contributed by atoms with van der Waals surface area (Å²) in [6.45, 7) is 1.54. The number of thioether (sulfide) groups is 1. The average Bonchev–Trinajstić information content (AvgIpc) is 3.02. The molecule has 0 aliphatic carbocycles. The maximum absolute atomic E-state index is 13.8. The van der Waals surface area contributed by atoms with Crippen LogP contribution in [0.3, 0.4) is 0 Å². The Hall–Kier alpha value is -3.36. The van der Waals surface area contributed by atoms with Gasteiger partial charge in [-0.2, -0.15) is 0 Å². The summed E-state index contributed by atoms with van der Waals surface area (Å²) < 4.78 is 38.4. The first kappa shape index (κ1) is 25.3. The lowest BCUT2D eigenvalue weighted by Crippen LogP contribution is -2.36. The number of ether oxygens (including phenoxy) is 2. The number of terminal acetylenes is 1. The van der Waals surface area contributed by atoms with Crippen LogP contribution in [0.2, 0.25) is 0 Å². The predicted octanol–water partition coefficient (Wildman–Crippen LogP) is 4.81. The number of rotatable bonds is 8. The van der Waals surface area contributed by atoms with Crippen molar-refractivity contribution in [1.82, 2.24) is 4.90 Å². The highest BCUT2D eigenvalue weighted by Crippen LogP contribution is 2.39. The quantitative estimate of drug-likeness (QED) is 0.375. The monoisotopic (exact) mass is 550 g/mol. The van der Waals surface area contributed by atoms with Crippen LogP contribution in [0.4, 0.5) is 19.3 Å². The minimum atomic E-state index is -0.979. The summed E-state index contributed by atoms with van der Waals surface area (Å²) in [6.07, 6.45) is 6.71. The van der Waals surface area contributed by atoms with Gasteiger partial charge in [-0.15, -0.1) is 6.42 Å². The molecule has 0 aromatic heterocycles. The minimum absolute atomic E-state index is 0.0286. The largest absolute Gasteiger partial charge is 0.490 e. The molecule has 1 N–H and O–H groups in total.